The Hall–Kier alpha value is -1.62. The maximum absolute atomic E-state index is 10.5. The molecule has 0 saturated carbocycles. The largest absolute Gasteiger partial charge is 0.393 e. The van der Waals surface area contributed by atoms with Gasteiger partial charge in [0.25, 0.3) is 5.69 Å². The van der Waals surface area contributed by atoms with Gasteiger partial charge in [-0.3, -0.25) is 10.1 Å². The third-order valence-corrected chi connectivity index (χ3v) is 1.60. The zero-order chi connectivity index (χ0) is 9.84. The summed E-state index contributed by atoms with van der Waals surface area (Å²) >= 11 is 0. The van der Waals surface area contributed by atoms with E-state index >= 15 is 0 Å². The van der Waals surface area contributed by atoms with Gasteiger partial charge in [0.05, 0.1) is 11.5 Å². The van der Waals surface area contributed by atoms with Crippen LogP contribution in [-0.2, 0) is 11.3 Å². The first-order valence-corrected chi connectivity index (χ1v) is 3.67. The molecule has 5 heteroatoms. The standard InChI is InChI=1S/C8H10N2O3/c1-13-5-6-2-3-7(9)8(4-6)10(11)12/h2-4H,5,9H2,1H3. The van der Waals surface area contributed by atoms with Crippen molar-refractivity contribution in [1.29, 1.82) is 0 Å². The smallest absolute Gasteiger partial charge is 0.292 e. The zero-order valence-corrected chi connectivity index (χ0v) is 7.19. The predicted octanol–water partition coefficient (Wildman–Crippen LogP) is 1.32. The van der Waals surface area contributed by atoms with E-state index in [1.165, 1.54) is 19.2 Å². The molecule has 13 heavy (non-hydrogen) atoms. The van der Waals surface area contributed by atoms with E-state index in [1.807, 2.05) is 0 Å². The quantitative estimate of drug-likeness (QED) is 0.434. The first-order valence-electron chi connectivity index (χ1n) is 3.67. The average Bonchev–Trinajstić information content (AvgIpc) is 2.08. The van der Waals surface area contributed by atoms with Crippen LogP contribution in [0.15, 0.2) is 18.2 Å². The molecule has 0 bridgehead atoms. The normalized spacial score (nSPS) is 9.92. The molecule has 0 saturated heterocycles. The van der Waals surface area contributed by atoms with Gasteiger partial charge in [-0.15, -0.1) is 0 Å². The van der Waals surface area contributed by atoms with Crippen molar-refractivity contribution in [1.82, 2.24) is 0 Å². The van der Waals surface area contributed by atoms with E-state index < -0.39 is 4.92 Å². The minimum absolute atomic E-state index is 0.0745. The number of nitrogens with zero attached hydrogens (tertiary/aromatic N) is 1. The Morgan fingerprint density at radius 2 is 2.31 bits per heavy atom. The summed E-state index contributed by atoms with van der Waals surface area (Å²) in [5.41, 5.74) is 6.24. The third-order valence-electron chi connectivity index (χ3n) is 1.60. The molecule has 1 rings (SSSR count). The second-order valence-corrected chi connectivity index (χ2v) is 2.58. The SMILES string of the molecule is COCc1ccc(N)c([N+](=O)[O-])c1. The summed E-state index contributed by atoms with van der Waals surface area (Å²) in [5.74, 6) is 0. The Labute approximate surface area is 75.3 Å². The first-order chi connectivity index (χ1) is 6.15. The van der Waals surface area contributed by atoms with Crippen molar-refractivity contribution in [2.24, 2.45) is 0 Å². The molecule has 70 valence electrons. The molecule has 0 aliphatic rings. The van der Waals surface area contributed by atoms with E-state index in [-0.39, 0.29) is 11.4 Å². The van der Waals surface area contributed by atoms with Crippen molar-refractivity contribution in [3.8, 4) is 0 Å². The molecular weight excluding hydrogens is 172 g/mol. The minimum Gasteiger partial charge on any atom is -0.393 e. The van der Waals surface area contributed by atoms with Gasteiger partial charge in [0.2, 0.25) is 0 Å². The second-order valence-electron chi connectivity index (χ2n) is 2.58. The van der Waals surface area contributed by atoms with Crippen LogP contribution in [0.1, 0.15) is 5.56 Å². The number of hydrogen-bond donors (Lipinski definition) is 1. The van der Waals surface area contributed by atoms with E-state index in [1.54, 1.807) is 6.07 Å². The lowest BCUT2D eigenvalue weighted by Crippen LogP contribution is -1.97. The molecule has 0 amide bonds. The van der Waals surface area contributed by atoms with Gasteiger partial charge in [-0.25, -0.2) is 0 Å². The highest BCUT2D eigenvalue weighted by Gasteiger charge is 2.11. The molecular formula is C8H10N2O3. The molecule has 0 atom stereocenters. The Morgan fingerprint density at radius 1 is 1.62 bits per heavy atom. The number of nitro groups is 1. The summed E-state index contributed by atoms with van der Waals surface area (Å²) in [6, 6.07) is 4.62. The molecule has 1 aromatic carbocycles. The summed E-state index contributed by atoms with van der Waals surface area (Å²) < 4.78 is 4.84. The highest BCUT2D eigenvalue weighted by atomic mass is 16.6. The lowest BCUT2D eigenvalue weighted by atomic mass is 10.2. The van der Waals surface area contributed by atoms with Gasteiger partial charge in [-0.2, -0.15) is 0 Å². The van der Waals surface area contributed by atoms with Gasteiger partial charge in [-0.05, 0) is 11.6 Å². The van der Waals surface area contributed by atoms with E-state index in [2.05, 4.69) is 0 Å². The number of ether oxygens (including phenoxy) is 1. The molecule has 5 nitrogen and oxygen atoms in total. The predicted molar refractivity (Wildman–Crippen MR) is 48.2 cm³/mol. The van der Waals surface area contributed by atoms with Crippen LogP contribution in [0.2, 0.25) is 0 Å². The van der Waals surface area contributed by atoms with Crippen LogP contribution in [0.4, 0.5) is 11.4 Å². The Bertz CT molecular complexity index is 325. The van der Waals surface area contributed by atoms with Crippen LogP contribution in [0, 0.1) is 10.1 Å². The molecule has 0 fully saturated rings. The number of nitro benzene ring substituents is 1. The number of methoxy groups -OCH3 is 1. The monoisotopic (exact) mass is 182 g/mol. The van der Waals surface area contributed by atoms with Crippen molar-refractivity contribution in [2.75, 3.05) is 12.8 Å². The van der Waals surface area contributed by atoms with E-state index in [0.717, 1.165) is 5.56 Å². The first kappa shape index (κ1) is 9.47. The van der Waals surface area contributed by atoms with Gasteiger partial charge >= 0.3 is 0 Å². The van der Waals surface area contributed by atoms with E-state index in [9.17, 15) is 10.1 Å². The number of rotatable bonds is 3. The molecule has 0 spiro atoms. The van der Waals surface area contributed by atoms with Crippen LogP contribution < -0.4 is 5.73 Å². The van der Waals surface area contributed by atoms with Crippen molar-refractivity contribution in [3.05, 3.63) is 33.9 Å². The molecule has 0 heterocycles. The lowest BCUT2D eigenvalue weighted by Gasteiger charge is -2.01. The van der Waals surface area contributed by atoms with E-state index in [4.69, 9.17) is 10.5 Å². The maximum Gasteiger partial charge on any atom is 0.292 e. The fourth-order valence-corrected chi connectivity index (χ4v) is 1.00. The summed E-state index contributed by atoms with van der Waals surface area (Å²) in [6.07, 6.45) is 0. The molecule has 1 aromatic rings. The molecule has 0 aromatic heterocycles. The van der Waals surface area contributed by atoms with Crippen molar-refractivity contribution in [2.45, 2.75) is 6.61 Å². The lowest BCUT2D eigenvalue weighted by molar-refractivity contribution is -0.384. The zero-order valence-electron chi connectivity index (χ0n) is 7.19. The Balaban J connectivity index is 3.04. The second kappa shape index (κ2) is 3.86. The van der Waals surface area contributed by atoms with Gasteiger partial charge in [0.1, 0.15) is 5.69 Å². The van der Waals surface area contributed by atoms with Crippen molar-refractivity contribution in [3.63, 3.8) is 0 Å². The fourth-order valence-electron chi connectivity index (χ4n) is 1.00. The number of hydrogen-bond acceptors (Lipinski definition) is 4. The molecule has 0 unspecified atom stereocenters. The molecule has 0 aliphatic heterocycles. The average molecular weight is 182 g/mol. The Kier molecular flexibility index (Phi) is 2.81. The summed E-state index contributed by atoms with van der Waals surface area (Å²) in [5, 5.41) is 10.5. The maximum atomic E-state index is 10.5. The van der Waals surface area contributed by atoms with Crippen LogP contribution in [0.3, 0.4) is 0 Å². The number of anilines is 1. The number of nitrogen functional groups attached to an aromatic ring is 1. The van der Waals surface area contributed by atoms with Crippen LogP contribution >= 0.6 is 0 Å². The number of nitrogens with two attached hydrogens (primary N) is 1. The summed E-state index contributed by atoms with van der Waals surface area (Å²) in [6.45, 7) is 0.348. The summed E-state index contributed by atoms with van der Waals surface area (Å²) in [7, 11) is 1.53. The minimum atomic E-state index is -0.505. The van der Waals surface area contributed by atoms with E-state index in [0.29, 0.717) is 6.61 Å². The van der Waals surface area contributed by atoms with Gasteiger partial charge in [0.15, 0.2) is 0 Å². The molecule has 0 radical (unpaired) electrons. The van der Waals surface area contributed by atoms with Gasteiger partial charge < -0.3 is 10.5 Å². The fraction of sp³-hybridized carbons (Fsp3) is 0.250. The highest BCUT2D eigenvalue weighted by Crippen LogP contribution is 2.22. The van der Waals surface area contributed by atoms with Crippen molar-refractivity contribution < 1.29 is 9.66 Å². The highest BCUT2D eigenvalue weighted by molar-refractivity contribution is 5.59. The van der Waals surface area contributed by atoms with Gasteiger partial charge in [-0.1, -0.05) is 6.07 Å². The Morgan fingerprint density at radius 3 is 2.85 bits per heavy atom. The third kappa shape index (κ3) is 2.16. The molecule has 2 N–H and O–H groups in total. The van der Waals surface area contributed by atoms with Crippen LogP contribution in [0.25, 0.3) is 0 Å². The summed E-state index contributed by atoms with van der Waals surface area (Å²) in [4.78, 5) is 9.96. The molecule has 0 aliphatic carbocycles. The van der Waals surface area contributed by atoms with Crippen LogP contribution in [-0.4, -0.2) is 12.0 Å². The van der Waals surface area contributed by atoms with Gasteiger partial charge in [0, 0.05) is 13.2 Å². The van der Waals surface area contributed by atoms with Crippen LogP contribution in [0.5, 0.6) is 0 Å². The van der Waals surface area contributed by atoms with Crippen molar-refractivity contribution >= 4 is 11.4 Å². The number of benzene rings is 1. The topological polar surface area (TPSA) is 78.4 Å².